The predicted octanol–water partition coefficient (Wildman–Crippen LogP) is 3.44. The SMILES string of the molecule is NC(=O)C1CCN(C(=O)c2ccc3c(=O)n(Cc4ccco4)c(SCC(=O)NCc4ccccc4Cl)nc3c2)CC1. The van der Waals surface area contributed by atoms with E-state index in [-0.39, 0.29) is 48.0 Å². The average molecular weight is 594 g/mol. The van der Waals surface area contributed by atoms with Crippen LogP contribution in [-0.4, -0.2) is 51.0 Å². The minimum absolute atomic E-state index is 0.00792. The van der Waals surface area contributed by atoms with Crippen molar-refractivity contribution in [1.29, 1.82) is 0 Å². The fourth-order valence-corrected chi connectivity index (χ4v) is 5.74. The number of halogens is 1. The topological polar surface area (TPSA) is 141 Å². The number of nitrogens with one attached hydrogen (secondary N) is 1. The largest absolute Gasteiger partial charge is 0.467 e. The Labute approximate surface area is 244 Å². The van der Waals surface area contributed by atoms with Crippen LogP contribution in [0.2, 0.25) is 5.02 Å². The molecule has 12 heteroatoms. The van der Waals surface area contributed by atoms with E-state index in [2.05, 4.69) is 5.32 Å². The fraction of sp³-hybridized carbons (Fsp3) is 0.276. The van der Waals surface area contributed by atoms with Crippen LogP contribution >= 0.6 is 23.4 Å². The second kappa shape index (κ2) is 12.6. The normalized spacial score (nSPS) is 13.8. The van der Waals surface area contributed by atoms with Gasteiger partial charge in [-0.15, -0.1) is 0 Å². The number of hydrogen-bond donors (Lipinski definition) is 2. The summed E-state index contributed by atoms with van der Waals surface area (Å²) in [6.45, 7) is 1.25. The summed E-state index contributed by atoms with van der Waals surface area (Å²) in [5.41, 5.74) is 6.64. The van der Waals surface area contributed by atoms with Crippen LogP contribution in [-0.2, 0) is 22.7 Å². The predicted molar refractivity (Wildman–Crippen MR) is 156 cm³/mol. The third-order valence-electron chi connectivity index (χ3n) is 7.01. The number of carbonyl (C=O) groups excluding carboxylic acids is 3. The molecule has 212 valence electrons. The van der Waals surface area contributed by atoms with Crippen LogP contribution in [0.25, 0.3) is 10.9 Å². The lowest BCUT2D eigenvalue weighted by atomic mass is 9.96. The molecule has 1 aliphatic heterocycles. The van der Waals surface area contributed by atoms with Gasteiger partial charge in [0, 0.05) is 36.1 Å². The summed E-state index contributed by atoms with van der Waals surface area (Å²) in [6, 6.07) is 15.5. The monoisotopic (exact) mass is 593 g/mol. The number of thioether (sulfide) groups is 1. The van der Waals surface area contributed by atoms with Crippen molar-refractivity contribution in [1.82, 2.24) is 19.8 Å². The molecule has 1 aliphatic rings. The van der Waals surface area contributed by atoms with Gasteiger partial charge in [0.25, 0.3) is 11.5 Å². The van der Waals surface area contributed by atoms with Crippen LogP contribution in [0.5, 0.6) is 0 Å². The molecule has 0 aliphatic carbocycles. The first-order chi connectivity index (χ1) is 19.8. The van der Waals surface area contributed by atoms with Gasteiger partial charge in [-0.2, -0.15) is 0 Å². The second-order valence-electron chi connectivity index (χ2n) is 9.72. The van der Waals surface area contributed by atoms with Gasteiger partial charge in [0.1, 0.15) is 5.76 Å². The van der Waals surface area contributed by atoms with E-state index in [0.717, 1.165) is 17.3 Å². The standard InChI is InChI=1S/C29H28ClN5O5S/c30-23-6-2-1-4-20(23)15-32-25(36)17-41-29-33-24-14-19(27(38)34-11-9-18(10-12-34)26(31)37)7-8-22(24)28(39)35(29)16-21-5-3-13-40-21/h1-8,13-14,18H,9-12,15-17H2,(H2,31,37)(H,32,36). The maximum absolute atomic E-state index is 13.6. The molecule has 3 N–H and O–H groups in total. The lowest BCUT2D eigenvalue weighted by molar-refractivity contribution is -0.123. The lowest BCUT2D eigenvalue weighted by Crippen LogP contribution is -2.41. The molecule has 10 nitrogen and oxygen atoms in total. The van der Waals surface area contributed by atoms with Gasteiger partial charge in [0.2, 0.25) is 11.8 Å². The molecule has 0 atom stereocenters. The Morgan fingerprint density at radius 3 is 2.59 bits per heavy atom. The van der Waals surface area contributed by atoms with Crippen molar-refractivity contribution < 1.29 is 18.8 Å². The Morgan fingerprint density at radius 1 is 1.10 bits per heavy atom. The Morgan fingerprint density at radius 2 is 1.88 bits per heavy atom. The third kappa shape index (κ3) is 6.63. The summed E-state index contributed by atoms with van der Waals surface area (Å²) < 4.78 is 6.92. The highest BCUT2D eigenvalue weighted by atomic mass is 35.5. The van der Waals surface area contributed by atoms with Gasteiger partial charge in [-0.25, -0.2) is 4.98 Å². The van der Waals surface area contributed by atoms with E-state index in [9.17, 15) is 19.2 Å². The first-order valence-electron chi connectivity index (χ1n) is 13.1. The zero-order valence-electron chi connectivity index (χ0n) is 22.0. The van der Waals surface area contributed by atoms with Gasteiger partial charge in [0.05, 0.1) is 29.5 Å². The molecule has 0 spiro atoms. The molecule has 3 heterocycles. The molecule has 0 saturated carbocycles. The van der Waals surface area contributed by atoms with E-state index in [0.29, 0.717) is 58.3 Å². The minimum Gasteiger partial charge on any atom is -0.467 e. The van der Waals surface area contributed by atoms with E-state index < -0.39 is 0 Å². The molecule has 0 bridgehead atoms. The molecular formula is C29H28ClN5O5S. The first kappa shape index (κ1) is 28.4. The first-order valence-corrected chi connectivity index (χ1v) is 14.4. The summed E-state index contributed by atoms with van der Waals surface area (Å²) in [5, 5.41) is 4.06. The number of rotatable bonds is 9. The van der Waals surface area contributed by atoms with E-state index in [1.807, 2.05) is 18.2 Å². The highest BCUT2D eigenvalue weighted by Crippen LogP contribution is 2.23. The lowest BCUT2D eigenvalue weighted by Gasteiger charge is -2.30. The highest BCUT2D eigenvalue weighted by Gasteiger charge is 2.27. The summed E-state index contributed by atoms with van der Waals surface area (Å²) in [7, 11) is 0. The molecule has 0 radical (unpaired) electrons. The number of piperidine rings is 1. The van der Waals surface area contributed by atoms with Gasteiger partial charge < -0.3 is 20.4 Å². The molecule has 41 heavy (non-hydrogen) atoms. The van der Waals surface area contributed by atoms with E-state index >= 15 is 0 Å². The van der Waals surface area contributed by atoms with Crippen molar-refractivity contribution in [2.75, 3.05) is 18.8 Å². The van der Waals surface area contributed by atoms with Crippen molar-refractivity contribution >= 4 is 52.0 Å². The van der Waals surface area contributed by atoms with Crippen LogP contribution in [0.4, 0.5) is 0 Å². The summed E-state index contributed by atoms with van der Waals surface area (Å²) in [4.78, 5) is 57.3. The van der Waals surface area contributed by atoms with Crippen molar-refractivity contribution in [3.63, 3.8) is 0 Å². The fourth-order valence-electron chi connectivity index (χ4n) is 4.71. The van der Waals surface area contributed by atoms with Crippen LogP contribution in [0, 0.1) is 5.92 Å². The van der Waals surface area contributed by atoms with Crippen molar-refractivity contribution in [2.24, 2.45) is 11.7 Å². The van der Waals surface area contributed by atoms with Crippen molar-refractivity contribution in [3.8, 4) is 0 Å². The second-order valence-corrected chi connectivity index (χ2v) is 11.1. The smallest absolute Gasteiger partial charge is 0.262 e. The molecule has 0 unspecified atom stereocenters. The Bertz CT molecular complexity index is 1650. The number of carbonyl (C=O) groups is 3. The molecule has 5 rings (SSSR count). The number of nitrogens with two attached hydrogens (primary N) is 1. The molecule has 3 amide bonds. The molecular weight excluding hydrogens is 566 g/mol. The highest BCUT2D eigenvalue weighted by molar-refractivity contribution is 7.99. The van der Waals surface area contributed by atoms with Gasteiger partial charge >= 0.3 is 0 Å². The number of amides is 3. The third-order valence-corrected chi connectivity index (χ3v) is 8.36. The minimum atomic E-state index is -0.347. The number of benzene rings is 2. The number of furan rings is 1. The summed E-state index contributed by atoms with van der Waals surface area (Å²) >= 11 is 7.30. The Kier molecular flexibility index (Phi) is 8.75. The maximum Gasteiger partial charge on any atom is 0.262 e. The quantitative estimate of drug-likeness (QED) is 0.224. The van der Waals surface area contributed by atoms with Crippen molar-refractivity contribution in [3.05, 3.63) is 93.1 Å². The van der Waals surface area contributed by atoms with E-state index in [4.69, 9.17) is 26.7 Å². The van der Waals surface area contributed by atoms with Gasteiger partial charge in [-0.3, -0.25) is 23.7 Å². The Balaban J connectivity index is 1.38. The van der Waals surface area contributed by atoms with Crippen molar-refractivity contribution in [2.45, 2.75) is 31.1 Å². The van der Waals surface area contributed by atoms with E-state index in [1.54, 1.807) is 41.3 Å². The number of nitrogens with zero attached hydrogens (tertiary/aromatic N) is 3. The summed E-state index contributed by atoms with van der Waals surface area (Å²) in [5.74, 6) is -0.466. The van der Waals surface area contributed by atoms with Gasteiger partial charge in [0.15, 0.2) is 5.16 Å². The number of likely N-dealkylation sites (tertiary alicyclic amines) is 1. The maximum atomic E-state index is 13.6. The molecule has 1 saturated heterocycles. The van der Waals surface area contributed by atoms with E-state index in [1.165, 1.54) is 10.8 Å². The number of fused-ring (bicyclic) bond motifs is 1. The van der Waals surface area contributed by atoms with Crippen LogP contribution in [0.3, 0.4) is 0 Å². The zero-order chi connectivity index (χ0) is 28.9. The Hall–Kier alpha value is -4.09. The van der Waals surface area contributed by atoms with Gasteiger partial charge in [-0.05, 0) is 54.8 Å². The molecule has 1 fully saturated rings. The summed E-state index contributed by atoms with van der Waals surface area (Å²) in [6.07, 6.45) is 2.56. The number of aromatic nitrogens is 2. The molecule has 2 aromatic heterocycles. The van der Waals surface area contributed by atoms with Gasteiger partial charge in [-0.1, -0.05) is 41.6 Å². The van der Waals surface area contributed by atoms with Crippen LogP contribution in [0.1, 0.15) is 34.5 Å². The zero-order valence-corrected chi connectivity index (χ0v) is 23.6. The van der Waals surface area contributed by atoms with Crippen LogP contribution in [0.15, 0.2) is 75.2 Å². The average Bonchev–Trinajstić information content (AvgIpc) is 3.50. The molecule has 2 aromatic carbocycles. The molecule has 4 aromatic rings. The number of primary amides is 1. The van der Waals surface area contributed by atoms with Crippen LogP contribution < -0.4 is 16.6 Å². The number of hydrogen-bond acceptors (Lipinski definition) is 7.